The molecule has 0 saturated carbocycles. The number of ether oxygens (including phenoxy) is 1. The lowest BCUT2D eigenvalue weighted by atomic mass is 9.82. The van der Waals surface area contributed by atoms with Gasteiger partial charge in [-0.25, -0.2) is 0 Å². The van der Waals surface area contributed by atoms with Crippen LogP contribution in [0.25, 0.3) is 0 Å². The molecule has 2 unspecified atom stereocenters. The highest BCUT2D eigenvalue weighted by Crippen LogP contribution is 2.39. The summed E-state index contributed by atoms with van der Waals surface area (Å²) in [6, 6.07) is 19.3. The molecule has 0 aromatic heterocycles. The van der Waals surface area contributed by atoms with E-state index in [1.165, 1.54) is 50.0 Å². The van der Waals surface area contributed by atoms with Gasteiger partial charge in [-0.05, 0) is 62.0 Å². The van der Waals surface area contributed by atoms with Gasteiger partial charge in [0.25, 0.3) is 0 Å². The topological polar surface area (TPSA) is 12.5 Å². The Balaban J connectivity index is 1.35. The van der Waals surface area contributed by atoms with Gasteiger partial charge in [0.2, 0.25) is 0 Å². The normalized spacial score (nSPS) is 26.2. The van der Waals surface area contributed by atoms with E-state index in [0.29, 0.717) is 5.41 Å². The third-order valence-electron chi connectivity index (χ3n) is 5.42. The van der Waals surface area contributed by atoms with Crippen LogP contribution in [0.15, 0.2) is 54.6 Å². The van der Waals surface area contributed by atoms with Crippen molar-refractivity contribution in [1.82, 2.24) is 4.90 Å². The van der Waals surface area contributed by atoms with Gasteiger partial charge in [-0.3, -0.25) is 0 Å². The molecule has 0 amide bonds. The molecule has 0 aliphatic carbocycles. The molecule has 2 aromatic carbocycles. The average Bonchev–Trinajstić information content (AvgIpc) is 2.90. The molecule has 120 valence electrons. The smallest absolute Gasteiger partial charge is 0.119 e. The van der Waals surface area contributed by atoms with E-state index in [4.69, 9.17) is 4.74 Å². The van der Waals surface area contributed by atoms with Gasteiger partial charge in [0.1, 0.15) is 5.75 Å². The number of benzene rings is 2. The highest BCUT2D eigenvalue weighted by Gasteiger charge is 2.41. The number of hydrogen-bond acceptors (Lipinski definition) is 2. The molecular formula is C21H25NO. The summed E-state index contributed by atoms with van der Waals surface area (Å²) >= 11 is 0. The molecule has 2 saturated heterocycles. The largest absolute Gasteiger partial charge is 0.493 e. The van der Waals surface area contributed by atoms with Crippen molar-refractivity contribution in [3.8, 4) is 5.75 Å². The van der Waals surface area contributed by atoms with Crippen LogP contribution in [-0.2, 0) is 6.42 Å². The molecule has 0 spiro atoms. The van der Waals surface area contributed by atoms with Crippen molar-refractivity contribution >= 4 is 0 Å². The fourth-order valence-corrected chi connectivity index (χ4v) is 4.06. The quantitative estimate of drug-likeness (QED) is 0.823. The van der Waals surface area contributed by atoms with E-state index in [-0.39, 0.29) is 0 Å². The first kappa shape index (κ1) is 14.8. The molecule has 23 heavy (non-hydrogen) atoms. The number of hydrogen-bond donors (Lipinski definition) is 0. The van der Waals surface area contributed by atoms with Gasteiger partial charge in [0, 0.05) is 12.0 Å². The molecule has 0 radical (unpaired) electrons. The van der Waals surface area contributed by atoms with Crippen LogP contribution < -0.4 is 4.74 Å². The van der Waals surface area contributed by atoms with Crippen LogP contribution in [0.1, 0.15) is 30.4 Å². The molecule has 2 heteroatoms. The van der Waals surface area contributed by atoms with Gasteiger partial charge in [-0.15, -0.1) is 0 Å². The van der Waals surface area contributed by atoms with Gasteiger partial charge in [0.15, 0.2) is 0 Å². The maximum atomic E-state index is 6.14. The summed E-state index contributed by atoms with van der Waals surface area (Å²) in [6.45, 7) is 4.66. The van der Waals surface area contributed by atoms with Crippen LogP contribution in [0.3, 0.4) is 0 Å². The van der Waals surface area contributed by atoms with Crippen LogP contribution in [0.5, 0.6) is 5.75 Å². The summed E-state index contributed by atoms with van der Waals surface area (Å²) in [4.78, 5) is 2.59. The fourth-order valence-electron chi connectivity index (χ4n) is 4.06. The molecule has 2 aromatic rings. The van der Waals surface area contributed by atoms with E-state index >= 15 is 0 Å². The molecule has 0 N–H and O–H groups in total. The van der Waals surface area contributed by atoms with E-state index in [0.717, 1.165) is 18.8 Å². The minimum absolute atomic E-state index is 0.418. The van der Waals surface area contributed by atoms with Crippen LogP contribution in [-0.4, -0.2) is 31.1 Å². The Bertz CT molecular complexity index is 633. The molecule has 2 nitrogen and oxygen atoms in total. The number of nitrogens with zero attached hydrogens (tertiary/aromatic N) is 1. The van der Waals surface area contributed by atoms with Crippen LogP contribution >= 0.6 is 0 Å². The number of fused-ring (bicyclic) bond motifs is 2. The number of piperidine rings is 1. The summed E-state index contributed by atoms with van der Waals surface area (Å²) in [5, 5.41) is 0. The molecule has 2 atom stereocenters. The Labute approximate surface area is 139 Å². The molecular weight excluding hydrogens is 282 g/mol. The lowest BCUT2D eigenvalue weighted by molar-refractivity contribution is 0.107. The Hall–Kier alpha value is -1.80. The predicted octanol–water partition coefficient (Wildman–Crippen LogP) is 4.14. The highest BCUT2D eigenvalue weighted by atomic mass is 16.5. The molecule has 2 fully saturated rings. The van der Waals surface area contributed by atoms with Gasteiger partial charge in [-0.2, -0.15) is 0 Å². The highest BCUT2D eigenvalue weighted by molar-refractivity contribution is 5.31. The first-order chi connectivity index (χ1) is 11.3. The first-order valence-corrected chi connectivity index (χ1v) is 8.79. The van der Waals surface area contributed by atoms with Crippen molar-refractivity contribution in [2.75, 3.05) is 26.2 Å². The first-order valence-electron chi connectivity index (χ1n) is 8.79. The van der Waals surface area contributed by atoms with E-state index < -0.39 is 0 Å². The second-order valence-electron chi connectivity index (χ2n) is 7.22. The Morgan fingerprint density at radius 3 is 2.48 bits per heavy atom. The minimum Gasteiger partial charge on any atom is -0.493 e. The van der Waals surface area contributed by atoms with Gasteiger partial charge in [0.05, 0.1) is 6.61 Å². The Morgan fingerprint density at radius 1 is 0.870 bits per heavy atom. The SMILES string of the molecule is c1ccc(Cc2ccc(OCC34CCCN(CC3)C4)cc2)cc1. The van der Waals surface area contributed by atoms with Crippen LogP contribution in [0.2, 0.25) is 0 Å². The van der Waals surface area contributed by atoms with E-state index in [2.05, 4.69) is 59.5 Å². The third kappa shape index (κ3) is 3.42. The molecule has 2 aliphatic heterocycles. The zero-order valence-corrected chi connectivity index (χ0v) is 13.7. The van der Waals surface area contributed by atoms with Gasteiger partial charge in [-0.1, -0.05) is 42.5 Å². The maximum absolute atomic E-state index is 6.14. The maximum Gasteiger partial charge on any atom is 0.119 e. The van der Waals surface area contributed by atoms with Gasteiger partial charge < -0.3 is 9.64 Å². The molecule has 2 heterocycles. The summed E-state index contributed by atoms with van der Waals surface area (Å²) < 4.78 is 6.14. The summed E-state index contributed by atoms with van der Waals surface area (Å²) in [5.74, 6) is 1.01. The zero-order chi connectivity index (χ0) is 15.5. The van der Waals surface area contributed by atoms with Crippen LogP contribution in [0.4, 0.5) is 0 Å². The summed E-state index contributed by atoms with van der Waals surface area (Å²) in [6.07, 6.45) is 4.95. The zero-order valence-electron chi connectivity index (χ0n) is 13.7. The predicted molar refractivity (Wildman–Crippen MR) is 93.9 cm³/mol. The minimum atomic E-state index is 0.418. The van der Waals surface area contributed by atoms with Crippen LogP contribution in [0, 0.1) is 5.41 Å². The van der Waals surface area contributed by atoms with E-state index in [1.54, 1.807) is 0 Å². The monoisotopic (exact) mass is 307 g/mol. The molecule has 2 bridgehead atoms. The van der Waals surface area contributed by atoms with Crippen molar-refractivity contribution in [2.24, 2.45) is 5.41 Å². The second-order valence-corrected chi connectivity index (χ2v) is 7.22. The summed E-state index contributed by atoms with van der Waals surface area (Å²) in [7, 11) is 0. The lowest BCUT2D eigenvalue weighted by Gasteiger charge is -2.33. The van der Waals surface area contributed by atoms with Crippen molar-refractivity contribution in [2.45, 2.75) is 25.7 Å². The van der Waals surface area contributed by atoms with E-state index in [9.17, 15) is 0 Å². The molecule has 4 rings (SSSR count). The Kier molecular flexibility index (Phi) is 4.09. The van der Waals surface area contributed by atoms with Crippen molar-refractivity contribution in [1.29, 1.82) is 0 Å². The summed E-state index contributed by atoms with van der Waals surface area (Å²) in [5.41, 5.74) is 3.11. The van der Waals surface area contributed by atoms with Crippen molar-refractivity contribution in [3.05, 3.63) is 65.7 Å². The van der Waals surface area contributed by atoms with Crippen molar-refractivity contribution in [3.63, 3.8) is 0 Å². The van der Waals surface area contributed by atoms with Crippen molar-refractivity contribution < 1.29 is 4.74 Å². The molecule has 2 aliphatic rings. The van der Waals surface area contributed by atoms with Gasteiger partial charge >= 0.3 is 0 Å². The van der Waals surface area contributed by atoms with E-state index in [1.807, 2.05) is 0 Å². The standard InChI is InChI=1S/C21H25NO/c1-2-5-18(6-3-1)15-19-7-9-20(10-8-19)23-17-21-11-4-13-22(16-21)14-12-21/h1-3,5-10H,4,11-17H2. The second kappa shape index (κ2) is 6.37. The third-order valence-corrected chi connectivity index (χ3v) is 5.42. The number of rotatable bonds is 5. The lowest BCUT2D eigenvalue weighted by Crippen LogP contribution is -2.37. The fraction of sp³-hybridized carbons (Fsp3) is 0.429. The Morgan fingerprint density at radius 2 is 1.65 bits per heavy atom. The average molecular weight is 307 g/mol.